The molecule has 0 unspecified atom stereocenters. The molecule has 0 aromatic carbocycles. The lowest BCUT2D eigenvalue weighted by molar-refractivity contribution is 0.0793. The zero-order valence-electron chi connectivity index (χ0n) is 16.0. The first-order valence-electron chi connectivity index (χ1n) is 9.18. The minimum absolute atomic E-state index is 0.265. The highest BCUT2D eigenvalue weighted by molar-refractivity contribution is 5.92. The highest BCUT2D eigenvalue weighted by Crippen LogP contribution is 2.22. The van der Waals surface area contributed by atoms with Crippen LogP contribution in [0, 0.1) is 0 Å². The fourth-order valence-corrected chi connectivity index (χ4v) is 3.06. The number of aryl methyl sites for hydroxylation is 1. The number of rotatable bonds is 5. The van der Waals surface area contributed by atoms with Crippen molar-refractivity contribution in [2.24, 2.45) is 0 Å². The lowest BCUT2D eigenvalue weighted by atomic mass is 10.0. The average molecular weight is 370 g/mol. The molecule has 8 heteroatoms. The first-order chi connectivity index (χ1) is 13.0. The van der Waals surface area contributed by atoms with E-state index in [2.05, 4.69) is 27.2 Å². The topological polar surface area (TPSA) is 94.5 Å². The van der Waals surface area contributed by atoms with E-state index < -0.39 is 6.10 Å². The molecule has 1 fully saturated rings. The van der Waals surface area contributed by atoms with Crippen molar-refractivity contribution in [2.75, 3.05) is 37.0 Å². The highest BCUT2D eigenvalue weighted by Gasteiger charge is 2.30. The standard InChI is InChI=1S/C19H26N6O2/c1-4-13-11-17(23-19(21-13)24(2)3)25-10-8-14(16(26)12-25)22-18(27)15-7-5-6-9-20-15/h5-7,9,11,14,16,26H,4,8,10,12H2,1-3H3,(H,22,27)/t14-,16-/m1/s1. The van der Waals surface area contributed by atoms with Crippen LogP contribution in [0.1, 0.15) is 29.5 Å². The Balaban J connectivity index is 1.68. The monoisotopic (exact) mass is 370 g/mol. The molecule has 2 atom stereocenters. The first-order valence-corrected chi connectivity index (χ1v) is 9.18. The molecule has 0 bridgehead atoms. The molecule has 8 nitrogen and oxygen atoms in total. The molecule has 1 amide bonds. The normalized spacial score (nSPS) is 19.6. The number of β-amino-alcohol motifs (C(OH)–C–C–N with tert-alkyl or cyclic N) is 1. The molecule has 0 radical (unpaired) electrons. The summed E-state index contributed by atoms with van der Waals surface area (Å²) in [6, 6.07) is 6.85. The van der Waals surface area contributed by atoms with Gasteiger partial charge in [0.05, 0.1) is 12.1 Å². The fourth-order valence-electron chi connectivity index (χ4n) is 3.06. The maximum Gasteiger partial charge on any atom is 0.270 e. The maximum atomic E-state index is 12.3. The summed E-state index contributed by atoms with van der Waals surface area (Å²) < 4.78 is 0. The minimum Gasteiger partial charge on any atom is -0.389 e. The molecule has 0 spiro atoms. The number of amides is 1. The third-order valence-electron chi connectivity index (χ3n) is 4.64. The molecule has 0 aliphatic carbocycles. The van der Waals surface area contributed by atoms with Crippen LogP contribution in [0.5, 0.6) is 0 Å². The van der Waals surface area contributed by atoms with Gasteiger partial charge >= 0.3 is 0 Å². The second-order valence-electron chi connectivity index (χ2n) is 6.86. The Morgan fingerprint density at radius 2 is 2.19 bits per heavy atom. The fraction of sp³-hybridized carbons (Fsp3) is 0.474. The van der Waals surface area contributed by atoms with Gasteiger partial charge in [0.25, 0.3) is 5.91 Å². The summed E-state index contributed by atoms with van der Waals surface area (Å²) in [6.07, 6.45) is 2.34. The van der Waals surface area contributed by atoms with Crippen molar-refractivity contribution in [3.05, 3.63) is 41.9 Å². The number of hydrogen-bond donors (Lipinski definition) is 2. The van der Waals surface area contributed by atoms with Crippen LogP contribution < -0.4 is 15.1 Å². The number of aromatic nitrogens is 3. The summed E-state index contributed by atoms with van der Waals surface area (Å²) >= 11 is 0. The zero-order valence-corrected chi connectivity index (χ0v) is 16.0. The Hall–Kier alpha value is -2.74. The quantitative estimate of drug-likeness (QED) is 0.806. The Morgan fingerprint density at radius 3 is 2.81 bits per heavy atom. The SMILES string of the molecule is CCc1cc(N2CC[C@@H](NC(=O)c3ccccn3)[C@H](O)C2)nc(N(C)C)n1. The van der Waals surface area contributed by atoms with Gasteiger partial charge in [-0.05, 0) is 25.0 Å². The van der Waals surface area contributed by atoms with Gasteiger partial charge in [0.2, 0.25) is 5.95 Å². The summed E-state index contributed by atoms with van der Waals surface area (Å²) in [7, 11) is 3.82. The van der Waals surface area contributed by atoms with Gasteiger partial charge in [-0.1, -0.05) is 13.0 Å². The number of nitrogens with zero attached hydrogens (tertiary/aromatic N) is 5. The van der Waals surface area contributed by atoms with Crippen molar-refractivity contribution in [3.8, 4) is 0 Å². The largest absolute Gasteiger partial charge is 0.389 e. The Morgan fingerprint density at radius 1 is 1.37 bits per heavy atom. The van der Waals surface area contributed by atoms with E-state index in [9.17, 15) is 9.90 Å². The predicted octanol–water partition coefficient (Wildman–Crippen LogP) is 0.870. The highest BCUT2D eigenvalue weighted by atomic mass is 16.3. The van der Waals surface area contributed by atoms with E-state index in [1.165, 1.54) is 0 Å². The first kappa shape index (κ1) is 19.0. The average Bonchev–Trinajstić information content (AvgIpc) is 2.69. The predicted molar refractivity (Wildman–Crippen MR) is 104 cm³/mol. The van der Waals surface area contributed by atoms with E-state index in [4.69, 9.17) is 0 Å². The number of anilines is 2. The molecule has 3 heterocycles. The molecule has 144 valence electrons. The van der Waals surface area contributed by atoms with Crippen molar-refractivity contribution in [2.45, 2.75) is 31.9 Å². The van der Waals surface area contributed by atoms with Crippen LogP contribution in [0.4, 0.5) is 11.8 Å². The molecule has 1 aliphatic heterocycles. The number of aliphatic hydroxyl groups excluding tert-OH is 1. The number of aliphatic hydroxyl groups is 1. The Kier molecular flexibility index (Phi) is 5.85. The van der Waals surface area contributed by atoms with Crippen molar-refractivity contribution in [1.82, 2.24) is 20.3 Å². The minimum atomic E-state index is -0.686. The second-order valence-corrected chi connectivity index (χ2v) is 6.86. The van der Waals surface area contributed by atoms with Crippen LogP contribution in [0.2, 0.25) is 0 Å². The van der Waals surface area contributed by atoms with E-state index in [1.807, 2.05) is 30.0 Å². The maximum absolute atomic E-state index is 12.3. The van der Waals surface area contributed by atoms with Crippen molar-refractivity contribution < 1.29 is 9.90 Å². The van der Waals surface area contributed by atoms with Crippen molar-refractivity contribution in [3.63, 3.8) is 0 Å². The van der Waals surface area contributed by atoms with Gasteiger partial charge in [-0.25, -0.2) is 4.98 Å². The van der Waals surface area contributed by atoms with Crippen LogP contribution in [-0.4, -0.2) is 65.3 Å². The van der Waals surface area contributed by atoms with Gasteiger partial charge in [0.1, 0.15) is 11.5 Å². The summed E-state index contributed by atoms with van der Waals surface area (Å²) in [5.74, 6) is 1.20. The summed E-state index contributed by atoms with van der Waals surface area (Å²) in [4.78, 5) is 29.4. The molecule has 0 saturated carbocycles. The lowest BCUT2D eigenvalue weighted by Crippen LogP contribution is -2.54. The van der Waals surface area contributed by atoms with E-state index in [0.29, 0.717) is 31.2 Å². The van der Waals surface area contributed by atoms with Crippen LogP contribution >= 0.6 is 0 Å². The Labute approximate surface area is 159 Å². The van der Waals surface area contributed by atoms with Crippen LogP contribution in [-0.2, 0) is 6.42 Å². The van der Waals surface area contributed by atoms with E-state index in [-0.39, 0.29) is 11.9 Å². The summed E-state index contributed by atoms with van der Waals surface area (Å²) in [5.41, 5.74) is 1.31. The number of carbonyl (C=O) groups excluding carboxylic acids is 1. The van der Waals surface area contributed by atoms with Crippen LogP contribution in [0.3, 0.4) is 0 Å². The smallest absolute Gasteiger partial charge is 0.270 e. The van der Waals surface area contributed by atoms with Gasteiger partial charge in [-0.2, -0.15) is 4.98 Å². The van der Waals surface area contributed by atoms with Gasteiger partial charge < -0.3 is 20.2 Å². The van der Waals surface area contributed by atoms with Gasteiger partial charge in [-0.15, -0.1) is 0 Å². The van der Waals surface area contributed by atoms with Crippen molar-refractivity contribution >= 4 is 17.7 Å². The summed E-state index contributed by atoms with van der Waals surface area (Å²) in [6.45, 7) is 3.15. The number of pyridine rings is 1. The number of hydrogen-bond acceptors (Lipinski definition) is 7. The zero-order chi connectivity index (χ0) is 19.4. The lowest BCUT2D eigenvalue weighted by Gasteiger charge is -2.37. The molecule has 2 aromatic rings. The molecule has 1 aliphatic rings. The van der Waals surface area contributed by atoms with Gasteiger partial charge in [-0.3, -0.25) is 9.78 Å². The summed E-state index contributed by atoms with van der Waals surface area (Å²) in [5, 5.41) is 13.5. The molecule has 3 rings (SSSR count). The molecular weight excluding hydrogens is 344 g/mol. The van der Waals surface area contributed by atoms with Gasteiger partial charge in [0, 0.05) is 45.1 Å². The van der Waals surface area contributed by atoms with E-state index in [1.54, 1.807) is 24.4 Å². The number of carbonyl (C=O) groups is 1. The number of nitrogens with one attached hydrogen (secondary N) is 1. The number of piperidine rings is 1. The van der Waals surface area contributed by atoms with Crippen LogP contribution in [0.15, 0.2) is 30.5 Å². The molecule has 2 N–H and O–H groups in total. The molecule has 27 heavy (non-hydrogen) atoms. The third-order valence-corrected chi connectivity index (χ3v) is 4.64. The van der Waals surface area contributed by atoms with Gasteiger partial charge in [0.15, 0.2) is 0 Å². The van der Waals surface area contributed by atoms with E-state index in [0.717, 1.165) is 17.9 Å². The molecular formula is C19H26N6O2. The molecule has 2 aromatic heterocycles. The van der Waals surface area contributed by atoms with E-state index >= 15 is 0 Å². The van der Waals surface area contributed by atoms with Crippen LogP contribution in [0.25, 0.3) is 0 Å². The van der Waals surface area contributed by atoms with Crippen molar-refractivity contribution in [1.29, 1.82) is 0 Å². The molecule has 1 saturated heterocycles. The second kappa shape index (κ2) is 8.30. The Bertz CT molecular complexity index is 783. The third kappa shape index (κ3) is 4.51.